The SMILES string of the molecule is COc1cc(I)c(-c2cnoc2-c2ccccc2I)cc1OC. The fourth-order valence-corrected chi connectivity index (χ4v) is 3.69. The maximum atomic E-state index is 5.54. The normalized spacial score (nSPS) is 10.6. The van der Waals surface area contributed by atoms with Crippen LogP contribution in [0.2, 0.25) is 0 Å². The van der Waals surface area contributed by atoms with E-state index >= 15 is 0 Å². The summed E-state index contributed by atoms with van der Waals surface area (Å²) in [6.07, 6.45) is 1.74. The van der Waals surface area contributed by atoms with Gasteiger partial charge in [0.25, 0.3) is 0 Å². The number of hydrogen-bond donors (Lipinski definition) is 0. The van der Waals surface area contributed by atoms with Gasteiger partial charge >= 0.3 is 0 Å². The molecule has 0 bridgehead atoms. The molecule has 0 saturated heterocycles. The van der Waals surface area contributed by atoms with Gasteiger partial charge < -0.3 is 14.0 Å². The number of halogens is 2. The first kappa shape index (κ1) is 16.6. The molecule has 1 heterocycles. The largest absolute Gasteiger partial charge is 0.493 e. The first-order valence-corrected chi connectivity index (χ1v) is 8.93. The Bertz CT molecular complexity index is 846. The lowest BCUT2D eigenvalue weighted by Crippen LogP contribution is -1.94. The molecule has 0 saturated carbocycles. The highest BCUT2D eigenvalue weighted by Crippen LogP contribution is 2.41. The van der Waals surface area contributed by atoms with Gasteiger partial charge in [-0.15, -0.1) is 0 Å². The van der Waals surface area contributed by atoms with Crippen molar-refractivity contribution in [2.75, 3.05) is 14.2 Å². The van der Waals surface area contributed by atoms with E-state index in [9.17, 15) is 0 Å². The molecule has 0 amide bonds. The molecule has 1 aromatic heterocycles. The molecule has 3 aromatic rings. The second kappa shape index (κ2) is 7.08. The average Bonchev–Trinajstić information content (AvgIpc) is 3.04. The van der Waals surface area contributed by atoms with E-state index in [-0.39, 0.29) is 0 Å². The summed E-state index contributed by atoms with van der Waals surface area (Å²) in [6, 6.07) is 12.0. The van der Waals surface area contributed by atoms with Crippen molar-refractivity contribution < 1.29 is 14.0 Å². The fourth-order valence-electron chi connectivity index (χ4n) is 2.33. The molecule has 2 aromatic carbocycles. The minimum absolute atomic E-state index is 0.679. The van der Waals surface area contributed by atoms with Crippen molar-refractivity contribution in [2.45, 2.75) is 0 Å². The molecule has 0 fully saturated rings. The summed E-state index contributed by atoms with van der Waals surface area (Å²) < 4.78 is 18.5. The minimum atomic E-state index is 0.679. The van der Waals surface area contributed by atoms with Crippen LogP contribution < -0.4 is 9.47 Å². The standard InChI is InChI=1S/C17H13I2NO3/c1-21-15-7-11(14(19)8-16(15)22-2)12-9-20-23-17(12)10-5-3-4-6-13(10)18/h3-9H,1-2H3. The zero-order valence-electron chi connectivity index (χ0n) is 12.5. The van der Waals surface area contributed by atoms with Gasteiger partial charge in [0.05, 0.1) is 26.0 Å². The van der Waals surface area contributed by atoms with Crippen LogP contribution in [0.15, 0.2) is 47.1 Å². The monoisotopic (exact) mass is 533 g/mol. The van der Waals surface area contributed by atoms with E-state index in [2.05, 4.69) is 50.3 Å². The average molecular weight is 533 g/mol. The van der Waals surface area contributed by atoms with Crippen molar-refractivity contribution in [3.8, 4) is 33.9 Å². The molecule has 6 heteroatoms. The van der Waals surface area contributed by atoms with Gasteiger partial charge in [0.15, 0.2) is 17.3 Å². The van der Waals surface area contributed by atoms with E-state index in [4.69, 9.17) is 14.0 Å². The molecule has 118 valence electrons. The van der Waals surface area contributed by atoms with Gasteiger partial charge in [0.1, 0.15) is 0 Å². The van der Waals surface area contributed by atoms with Crippen molar-refractivity contribution in [3.05, 3.63) is 49.7 Å². The Morgan fingerprint density at radius 3 is 2.26 bits per heavy atom. The molecule has 4 nitrogen and oxygen atoms in total. The van der Waals surface area contributed by atoms with Gasteiger partial charge in [-0.2, -0.15) is 0 Å². The number of methoxy groups -OCH3 is 2. The van der Waals surface area contributed by atoms with E-state index in [0.717, 1.165) is 29.6 Å². The van der Waals surface area contributed by atoms with E-state index in [1.165, 1.54) is 0 Å². The first-order valence-electron chi connectivity index (χ1n) is 6.77. The molecule has 23 heavy (non-hydrogen) atoms. The molecular formula is C17H13I2NO3. The van der Waals surface area contributed by atoms with Crippen LogP contribution in [0.5, 0.6) is 11.5 Å². The van der Waals surface area contributed by atoms with Crippen LogP contribution in [0, 0.1) is 7.14 Å². The maximum absolute atomic E-state index is 5.54. The summed E-state index contributed by atoms with van der Waals surface area (Å²) in [7, 11) is 3.26. The zero-order chi connectivity index (χ0) is 16.4. The first-order chi connectivity index (χ1) is 11.2. The maximum Gasteiger partial charge on any atom is 0.175 e. The number of hydrogen-bond acceptors (Lipinski definition) is 4. The van der Waals surface area contributed by atoms with Crippen LogP contribution in [0.3, 0.4) is 0 Å². The van der Waals surface area contributed by atoms with E-state index < -0.39 is 0 Å². The lowest BCUT2D eigenvalue weighted by Gasteiger charge is -2.12. The van der Waals surface area contributed by atoms with Crippen LogP contribution in [0.25, 0.3) is 22.5 Å². The number of rotatable bonds is 4. The van der Waals surface area contributed by atoms with Crippen molar-refractivity contribution in [1.82, 2.24) is 5.16 Å². The van der Waals surface area contributed by atoms with Crippen LogP contribution in [-0.2, 0) is 0 Å². The van der Waals surface area contributed by atoms with Crippen LogP contribution >= 0.6 is 45.2 Å². The molecule has 0 spiro atoms. The van der Waals surface area contributed by atoms with Crippen LogP contribution in [0.4, 0.5) is 0 Å². The highest BCUT2D eigenvalue weighted by molar-refractivity contribution is 14.1. The Hall–Kier alpha value is -1.29. The van der Waals surface area contributed by atoms with Gasteiger partial charge in [-0.05, 0) is 63.4 Å². The molecule has 0 N–H and O–H groups in total. The quantitative estimate of drug-likeness (QED) is 0.431. The third kappa shape index (κ3) is 3.18. The Morgan fingerprint density at radius 1 is 0.870 bits per heavy atom. The fraction of sp³-hybridized carbons (Fsp3) is 0.118. The van der Waals surface area contributed by atoms with E-state index in [1.54, 1.807) is 20.4 Å². The van der Waals surface area contributed by atoms with Gasteiger partial charge in [-0.1, -0.05) is 23.4 Å². The number of nitrogens with zero attached hydrogens (tertiary/aromatic N) is 1. The molecule has 0 atom stereocenters. The Morgan fingerprint density at radius 2 is 1.57 bits per heavy atom. The Kier molecular flexibility index (Phi) is 5.10. The van der Waals surface area contributed by atoms with Crippen molar-refractivity contribution >= 4 is 45.2 Å². The number of ether oxygens (including phenoxy) is 2. The topological polar surface area (TPSA) is 44.5 Å². The minimum Gasteiger partial charge on any atom is -0.493 e. The molecular weight excluding hydrogens is 520 g/mol. The van der Waals surface area contributed by atoms with E-state index in [1.807, 2.05) is 36.4 Å². The summed E-state index contributed by atoms with van der Waals surface area (Å²) in [5.74, 6) is 2.13. The lowest BCUT2D eigenvalue weighted by atomic mass is 10.0. The Labute approximate surface area is 161 Å². The predicted molar refractivity (Wildman–Crippen MR) is 106 cm³/mol. The summed E-state index contributed by atoms with van der Waals surface area (Å²) >= 11 is 4.58. The third-order valence-electron chi connectivity index (χ3n) is 3.45. The second-order valence-corrected chi connectivity index (χ2v) is 7.06. The molecule has 0 unspecified atom stereocenters. The van der Waals surface area contributed by atoms with E-state index in [0.29, 0.717) is 11.5 Å². The van der Waals surface area contributed by atoms with Crippen LogP contribution in [-0.4, -0.2) is 19.4 Å². The summed E-state index contributed by atoms with van der Waals surface area (Å²) in [5.41, 5.74) is 2.95. The van der Waals surface area contributed by atoms with Gasteiger partial charge in [0.2, 0.25) is 0 Å². The van der Waals surface area contributed by atoms with Gasteiger partial charge in [-0.25, -0.2) is 0 Å². The smallest absolute Gasteiger partial charge is 0.175 e. The molecule has 0 aliphatic heterocycles. The number of benzene rings is 2. The molecule has 0 aliphatic carbocycles. The van der Waals surface area contributed by atoms with Gasteiger partial charge in [-0.3, -0.25) is 0 Å². The van der Waals surface area contributed by atoms with Gasteiger partial charge in [0, 0.05) is 18.3 Å². The van der Waals surface area contributed by atoms with Crippen molar-refractivity contribution in [3.63, 3.8) is 0 Å². The molecule has 0 radical (unpaired) electrons. The van der Waals surface area contributed by atoms with Crippen LogP contribution in [0.1, 0.15) is 0 Å². The predicted octanol–water partition coefficient (Wildman–Crippen LogP) is 5.24. The Balaban J connectivity index is 2.18. The molecule has 3 rings (SSSR count). The third-order valence-corrected chi connectivity index (χ3v) is 5.29. The van der Waals surface area contributed by atoms with Crippen molar-refractivity contribution in [2.24, 2.45) is 0 Å². The van der Waals surface area contributed by atoms with Crippen molar-refractivity contribution in [1.29, 1.82) is 0 Å². The highest BCUT2D eigenvalue weighted by Gasteiger charge is 2.19. The molecule has 0 aliphatic rings. The second-order valence-electron chi connectivity index (χ2n) is 4.74. The summed E-state index contributed by atoms with van der Waals surface area (Å²) in [5, 5.41) is 4.00. The zero-order valence-corrected chi connectivity index (χ0v) is 16.8. The highest BCUT2D eigenvalue weighted by atomic mass is 127. The lowest BCUT2D eigenvalue weighted by molar-refractivity contribution is 0.355. The summed E-state index contributed by atoms with van der Waals surface area (Å²) in [4.78, 5) is 0. The summed E-state index contributed by atoms with van der Waals surface area (Å²) in [6.45, 7) is 0. The number of aromatic nitrogens is 1.